The monoisotopic (exact) mass is 372 g/mol. The third-order valence-electron chi connectivity index (χ3n) is 4.09. The van der Waals surface area contributed by atoms with Gasteiger partial charge in [-0.05, 0) is 19.9 Å². The van der Waals surface area contributed by atoms with Crippen molar-refractivity contribution in [3.05, 3.63) is 69.0 Å². The molecular formula is C18H17FN4O2S. The molecule has 0 saturated heterocycles. The quantitative estimate of drug-likeness (QED) is 0.522. The number of benzene rings is 1. The van der Waals surface area contributed by atoms with E-state index in [1.807, 2.05) is 0 Å². The zero-order chi connectivity index (χ0) is 18.8. The molecule has 2 aromatic heterocycles. The lowest BCUT2D eigenvalue weighted by atomic mass is 10.1. The largest absolute Gasteiger partial charge is 0.320 e. The maximum Gasteiger partial charge on any atom is 0.320 e. The van der Waals surface area contributed by atoms with E-state index in [-0.39, 0.29) is 17.9 Å². The van der Waals surface area contributed by atoms with Crippen molar-refractivity contribution in [3.8, 4) is 0 Å². The SMILES string of the molecule is Cc1nn(C)c(C)c1C(=O)C(=O)N=c1sccn1Cc1ccccc1F. The van der Waals surface area contributed by atoms with E-state index >= 15 is 0 Å². The average Bonchev–Trinajstić information content (AvgIpc) is 3.13. The number of carbonyl (C=O) groups excluding carboxylic acids is 2. The summed E-state index contributed by atoms with van der Waals surface area (Å²) in [5, 5.41) is 5.89. The molecule has 8 heteroatoms. The third-order valence-corrected chi connectivity index (χ3v) is 4.88. The second-order valence-corrected chi connectivity index (χ2v) is 6.69. The van der Waals surface area contributed by atoms with Gasteiger partial charge in [-0.15, -0.1) is 11.3 Å². The van der Waals surface area contributed by atoms with Gasteiger partial charge in [-0.3, -0.25) is 14.3 Å². The molecule has 26 heavy (non-hydrogen) atoms. The minimum Gasteiger partial charge on any atom is -0.319 e. The molecule has 0 spiro atoms. The van der Waals surface area contributed by atoms with Crippen molar-refractivity contribution in [2.45, 2.75) is 20.4 Å². The molecule has 6 nitrogen and oxygen atoms in total. The minimum absolute atomic E-state index is 0.224. The Morgan fingerprint density at radius 2 is 2.00 bits per heavy atom. The summed E-state index contributed by atoms with van der Waals surface area (Å²) in [5.41, 5.74) is 1.86. The van der Waals surface area contributed by atoms with Crippen molar-refractivity contribution in [2.24, 2.45) is 12.0 Å². The van der Waals surface area contributed by atoms with Crippen LogP contribution in [0.25, 0.3) is 0 Å². The van der Waals surface area contributed by atoms with Crippen molar-refractivity contribution >= 4 is 23.0 Å². The Labute approximate surface area is 153 Å². The van der Waals surface area contributed by atoms with Gasteiger partial charge in [-0.25, -0.2) is 4.39 Å². The normalized spacial score (nSPS) is 11.8. The lowest BCUT2D eigenvalue weighted by Gasteiger charge is -2.04. The van der Waals surface area contributed by atoms with Crippen LogP contribution in [0.5, 0.6) is 0 Å². The number of rotatable bonds is 4. The standard InChI is InChI=1S/C18H17FN4O2S/c1-11-15(12(2)22(3)21-11)16(24)17(25)20-18-23(8-9-26-18)10-13-6-4-5-7-14(13)19/h4-9H,10H2,1-3H3. The van der Waals surface area contributed by atoms with Gasteiger partial charge in [0.05, 0.1) is 17.8 Å². The van der Waals surface area contributed by atoms with Crippen molar-refractivity contribution in [2.75, 3.05) is 0 Å². The van der Waals surface area contributed by atoms with Gasteiger partial charge in [0.25, 0.3) is 5.78 Å². The van der Waals surface area contributed by atoms with Crippen LogP contribution >= 0.6 is 11.3 Å². The van der Waals surface area contributed by atoms with Crippen LogP contribution in [0.4, 0.5) is 4.39 Å². The number of amides is 1. The van der Waals surface area contributed by atoms with Gasteiger partial charge in [0, 0.05) is 29.9 Å². The van der Waals surface area contributed by atoms with Crippen LogP contribution in [0, 0.1) is 19.7 Å². The zero-order valence-corrected chi connectivity index (χ0v) is 15.4. The number of hydrogen-bond donors (Lipinski definition) is 0. The molecule has 0 aliphatic rings. The van der Waals surface area contributed by atoms with Gasteiger partial charge >= 0.3 is 5.91 Å². The summed E-state index contributed by atoms with van der Waals surface area (Å²) >= 11 is 1.21. The van der Waals surface area contributed by atoms with Gasteiger partial charge in [0.1, 0.15) is 5.82 Å². The number of halogens is 1. The molecular weight excluding hydrogens is 355 g/mol. The Bertz CT molecular complexity index is 1060. The summed E-state index contributed by atoms with van der Waals surface area (Å²) in [6, 6.07) is 6.40. The van der Waals surface area contributed by atoms with Crippen LogP contribution < -0.4 is 4.80 Å². The molecule has 0 radical (unpaired) electrons. The van der Waals surface area contributed by atoms with E-state index in [1.165, 1.54) is 17.4 Å². The first-order chi connectivity index (χ1) is 12.4. The lowest BCUT2D eigenvalue weighted by Crippen LogP contribution is -2.21. The van der Waals surface area contributed by atoms with Crippen molar-refractivity contribution in [3.63, 3.8) is 0 Å². The molecule has 0 aliphatic carbocycles. The Kier molecular flexibility index (Phi) is 4.94. The van der Waals surface area contributed by atoms with E-state index in [1.54, 1.807) is 59.9 Å². The number of carbonyl (C=O) groups is 2. The molecule has 0 saturated carbocycles. The predicted octanol–water partition coefficient (Wildman–Crippen LogP) is 2.40. The summed E-state index contributed by atoms with van der Waals surface area (Å²) in [6.45, 7) is 3.63. The Hall–Kier alpha value is -2.87. The highest BCUT2D eigenvalue weighted by Crippen LogP contribution is 2.13. The van der Waals surface area contributed by atoms with Crippen LogP contribution in [0.2, 0.25) is 0 Å². The van der Waals surface area contributed by atoms with Gasteiger partial charge in [-0.2, -0.15) is 10.1 Å². The van der Waals surface area contributed by atoms with Gasteiger partial charge in [-0.1, -0.05) is 18.2 Å². The zero-order valence-electron chi connectivity index (χ0n) is 14.6. The lowest BCUT2D eigenvalue weighted by molar-refractivity contribution is -0.114. The molecule has 134 valence electrons. The van der Waals surface area contributed by atoms with Crippen molar-refractivity contribution < 1.29 is 14.0 Å². The van der Waals surface area contributed by atoms with E-state index in [9.17, 15) is 14.0 Å². The number of ketones is 1. The highest BCUT2D eigenvalue weighted by atomic mass is 32.1. The number of aryl methyl sites for hydroxylation is 2. The van der Waals surface area contributed by atoms with E-state index in [4.69, 9.17) is 0 Å². The first kappa shape index (κ1) is 17.9. The first-order valence-electron chi connectivity index (χ1n) is 7.89. The fourth-order valence-corrected chi connectivity index (χ4v) is 3.39. The van der Waals surface area contributed by atoms with E-state index in [2.05, 4.69) is 10.1 Å². The fraction of sp³-hybridized carbons (Fsp3) is 0.222. The number of Topliss-reactive ketones (excluding diaryl/α,β-unsaturated/α-hetero) is 1. The molecule has 0 atom stereocenters. The molecule has 2 heterocycles. The van der Waals surface area contributed by atoms with E-state index in [0.717, 1.165) is 0 Å². The smallest absolute Gasteiger partial charge is 0.319 e. The second-order valence-electron chi connectivity index (χ2n) is 5.82. The molecule has 0 bridgehead atoms. The van der Waals surface area contributed by atoms with Gasteiger partial charge in [0.2, 0.25) is 0 Å². The van der Waals surface area contributed by atoms with Gasteiger partial charge in [0.15, 0.2) is 4.80 Å². The fourth-order valence-electron chi connectivity index (χ4n) is 2.66. The highest BCUT2D eigenvalue weighted by Gasteiger charge is 2.23. The molecule has 3 rings (SSSR count). The van der Waals surface area contributed by atoms with Crippen LogP contribution in [-0.2, 0) is 18.4 Å². The first-order valence-corrected chi connectivity index (χ1v) is 8.77. The van der Waals surface area contributed by atoms with E-state index < -0.39 is 11.7 Å². The Balaban J connectivity index is 1.91. The topological polar surface area (TPSA) is 69.2 Å². The highest BCUT2D eigenvalue weighted by molar-refractivity contribution is 7.07. The van der Waals surface area contributed by atoms with E-state index in [0.29, 0.717) is 21.8 Å². The maximum absolute atomic E-state index is 13.8. The molecule has 0 fully saturated rings. The molecule has 0 N–H and O–H groups in total. The molecule has 1 amide bonds. The summed E-state index contributed by atoms with van der Waals surface area (Å²) in [6.07, 6.45) is 1.70. The molecule has 0 aliphatic heterocycles. The number of hydrogen-bond acceptors (Lipinski definition) is 4. The summed E-state index contributed by atoms with van der Waals surface area (Å²) < 4.78 is 17.0. The minimum atomic E-state index is -0.867. The third kappa shape index (κ3) is 3.41. The molecule has 1 aromatic carbocycles. The number of aromatic nitrogens is 3. The molecule has 3 aromatic rings. The van der Waals surface area contributed by atoms with Crippen LogP contribution in [0.15, 0.2) is 40.8 Å². The van der Waals surface area contributed by atoms with Crippen LogP contribution in [-0.4, -0.2) is 26.0 Å². The second kappa shape index (κ2) is 7.17. The molecule has 0 unspecified atom stereocenters. The number of thiazole rings is 1. The van der Waals surface area contributed by atoms with Crippen molar-refractivity contribution in [1.29, 1.82) is 0 Å². The maximum atomic E-state index is 13.8. The predicted molar refractivity (Wildman–Crippen MR) is 95.4 cm³/mol. The summed E-state index contributed by atoms with van der Waals surface area (Å²) in [4.78, 5) is 29.1. The van der Waals surface area contributed by atoms with Crippen molar-refractivity contribution in [1.82, 2.24) is 14.3 Å². The number of nitrogens with zero attached hydrogens (tertiary/aromatic N) is 4. The van der Waals surface area contributed by atoms with Crippen LogP contribution in [0.3, 0.4) is 0 Å². The Morgan fingerprint density at radius 1 is 1.27 bits per heavy atom. The van der Waals surface area contributed by atoms with Crippen LogP contribution in [0.1, 0.15) is 27.3 Å². The average molecular weight is 372 g/mol. The van der Waals surface area contributed by atoms with Gasteiger partial charge < -0.3 is 4.57 Å². The summed E-state index contributed by atoms with van der Waals surface area (Å²) in [7, 11) is 1.71. The Morgan fingerprint density at radius 3 is 2.65 bits per heavy atom. The summed E-state index contributed by atoms with van der Waals surface area (Å²) in [5.74, 6) is -1.89.